The molecule has 0 atom stereocenters. The Labute approximate surface area is 87.7 Å². The van der Waals surface area contributed by atoms with Gasteiger partial charge in [0.2, 0.25) is 0 Å². The van der Waals surface area contributed by atoms with E-state index in [4.69, 9.17) is 4.74 Å². The van der Waals surface area contributed by atoms with Gasteiger partial charge in [0.1, 0.15) is 0 Å². The fourth-order valence-electron chi connectivity index (χ4n) is 1.30. The molecule has 0 radical (unpaired) electrons. The van der Waals surface area contributed by atoms with Crippen molar-refractivity contribution >= 4 is 0 Å². The van der Waals surface area contributed by atoms with Crippen LogP contribution in [0.1, 0.15) is 39.0 Å². The molecule has 0 bridgehead atoms. The molecule has 1 fully saturated rings. The van der Waals surface area contributed by atoms with E-state index in [1.807, 2.05) is 0 Å². The van der Waals surface area contributed by atoms with E-state index in [0.29, 0.717) is 0 Å². The van der Waals surface area contributed by atoms with E-state index >= 15 is 0 Å². The Morgan fingerprint density at radius 3 is 2.86 bits per heavy atom. The average Bonchev–Trinajstić information content (AvgIpc) is 2.98. The highest BCUT2D eigenvalue weighted by Crippen LogP contribution is 2.18. The molecular formula is C12H23NO. The molecular weight excluding hydrogens is 174 g/mol. The summed E-state index contributed by atoms with van der Waals surface area (Å²) in [5, 5.41) is 3.43. The summed E-state index contributed by atoms with van der Waals surface area (Å²) < 4.78 is 5.51. The maximum absolute atomic E-state index is 5.51. The molecule has 1 aliphatic carbocycles. The summed E-state index contributed by atoms with van der Waals surface area (Å²) in [4.78, 5) is 0. The van der Waals surface area contributed by atoms with Crippen molar-refractivity contribution in [2.24, 2.45) is 0 Å². The smallest absolute Gasteiger partial charge is 0.0686 e. The van der Waals surface area contributed by atoms with Crippen LogP contribution in [-0.2, 0) is 4.74 Å². The lowest BCUT2D eigenvalue weighted by atomic mass is 10.3. The molecule has 0 aromatic heterocycles. The zero-order valence-corrected chi connectivity index (χ0v) is 9.35. The van der Waals surface area contributed by atoms with Crippen LogP contribution in [0.5, 0.6) is 0 Å². The highest BCUT2D eigenvalue weighted by molar-refractivity contribution is 4.99. The van der Waals surface area contributed by atoms with Crippen molar-refractivity contribution in [3.63, 3.8) is 0 Å². The Hall–Kier alpha value is -0.340. The minimum absolute atomic E-state index is 0.726. The normalized spacial score (nSPS) is 15.8. The minimum Gasteiger partial charge on any atom is -0.377 e. The molecule has 0 aromatic rings. The molecule has 0 spiro atoms. The molecule has 82 valence electrons. The van der Waals surface area contributed by atoms with Gasteiger partial charge >= 0.3 is 0 Å². The fraction of sp³-hybridized carbons (Fsp3) is 0.833. The van der Waals surface area contributed by atoms with Crippen LogP contribution in [0.15, 0.2) is 12.2 Å². The van der Waals surface area contributed by atoms with Crippen molar-refractivity contribution in [1.82, 2.24) is 5.32 Å². The second-order valence-electron chi connectivity index (χ2n) is 4.16. The van der Waals surface area contributed by atoms with E-state index in [1.54, 1.807) is 0 Å². The Morgan fingerprint density at radius 2 is 2.21 bits per heavy atom. The van der Waals surface area contributed by atoms with Gasteiger partial charge in [-0.2, -0.15) is 0 Å². The first-order chi connectivity index (χ1) is 6.83. The molecule has 2 nitrogen and oxygen atoms in total. The van der Waals surface area contributed by atoms with Gasteiger partial charge in [0.15, 0.2) is 0 Å². The maximum Gasteiger partial charge on any atom is 0.0686 e. The lowest BCUT2D eigenvalue weighted by molar-refractivity contribution is 0.150. The number of hydrogen-bond donors (Lipinski definition) is 1. The van der Waals surface area contributed by atoms with Crippen molar-refractivity contribution < 1.29 is 4.74 Å². The molecule has 2 heteroatoms. The molecule has 0 aromatic carbocycles. The molecule has 14 heavy (non-hydrogen) atoms. The summed E-state index contributed by atoms with van der Waals surface area (Å²) in [7, 11) is 0. The number of ether oxygens (including phenoxy) is 1. The SMILES string of the molecule is C=C(CNC1CC1)COCCCCC. The summed E-state index contributed by atoms with van der Waals surface area (Å²) in [5.41, 5.74) is 1.17. The van der Waals surface area contributed by atoms with Crippen LogP contribution in [-0.4, -0.2) is 25.8 Å². The van der Waals surface area contributed by atoms with Crippen LogP contribution < -0.4 is 5.32 Å². The second-order valence-corrected chi connectivity index (χ2v) is 4.16. The van der Waals surface area contributed by atoms with Gasteiger partial charge in [-0.1, -0.05) is 26.3 Å². The van der Waals surface area contributed by atoms with Gasteiger partial charge in [-0.05, 0) is 24.8 Å². The third-order valence-electron chi connectivity index (χ3n) is 2.42. The number of hydrogen-bond acceptors (Lipinski definition) is 2. The molecule has 0 heterocycles. The summed E-state index contributed by atoms with van der Waals surface area (Å²) >= 11 is 0. The quantitative estimate of drug-likeness (QED) is 0.453. The minimum atomic E-state index is 0.726. The monoisotopic (exact) mass is 197 g/mol. The Bertz CT molecular complexity index is 164. The first-order valence-electron chi connectivity index (χ1n) is 5.80. The lowest BCUT2D eigenvalue weighted by Gasteiger charge is -2.07. The van der Waals surface area contributed by atoms with E-state index in [0.717, 1.165) is 25.8 Å². The Kier molecular flexibility index (Phi) is 5.88. The summed E-state index contributed by atoms with van der Waals surface area (Å²) in [5.74, 6) is 0. The van der Waals surface area contributed by atoms with Crippen LogP contribution >= 0.6 is 0 Å². The van der Waals surface area contributed by atoms with Crippen molar-refractivity contribution in [2.75, 3.05) is 19.8 Å². The highest BCUT2D eigenvalue weighted by atomic mass is 16.5. The molecule has 1 rings (SSSR count). The van der Waals surface area contributed by atoms with Gasteiger partial charge < -0.3 is 10.1 Å². The Morgan fingerprint density at radius 1 is 1.43 bits per heavy atom. The van der Waals surface area contributed by atoms with Gasteiger partial charge in [-0.3, -0.25) is 0 Å². The number of nitrogens with one attached hydrogen (secondary N) is 1. The van der Waals surface area contributed by atoms with Crippen molar-refractivity contribution in [2.45, 2.75) is 45.1 Å². The Balaban J connectivity index is 1.81. The van der Waals surface area contributed by atoms with Gasteiger partial charge in [0.05, 0.1) is 6.61 Å². The van der Waals surface area contributed by atoms with Gasteiger partial charge in [0.25, 0.3) is 0 Å². The van der Waals surface area contributed by atoms with Gasteiger partial charge in [-0.25, -0.2) is 0 Å². The van der Waals surface area contributed by atoms with Crippen LogP contribution in [0.4, 0.5) is 0 Å². The fourth-order valence-corrected chi connectivity index (χ4v) is 1.30. The van der Waals surface area contributed by atoms with Crippen molar-refractivity contribution in [1.29, 1.82) is 0 Å². The average molecular weight is 197 g/mol. The van der Waals surface area contributed by atoms with Crippen LogP contribution in [0.3, 0.4) is 0 Å². The summed E-state index contributed by atoms with van der Waals surface area (Å²) in [6.45, 7) is 8.73. The predicted molar refractivity (Wildman–Crippen MR) is 60.5 cm³/mol. The largest absolute Gasteiger partial charge is 0.377 e. The lowest BCUT2D eigenvalue weighted by Crippen LogP contribution is -2.20. The third kappa shape index (κ3) is 6.17. The van der Waals surface area contributed by atoms with Crippen LogP contribution in [0.25, 0.3) is 0 Å². The van der Waals surface area contributed by atoms with E-state index in [2.05, 4.69) is 18.8 Å². The van der Waals surface area contributed by atoms with Crippen molar-refractivity contribution in [3.05, 3.63) is 12.2 Å². The van der Waals surface area contributed by atoms with Gasteiger partial charge in [-0.15, -0.1) is 0 Å². The molecule has 1 saturated carbocycles. The molecule has 0 aliphatic heterocycles. The number of rotatable bonds is 9. The molecule has 0 saturated heterocycles. The molecule has 1 N–H and O–H groups in total. The molecule has 1 aliphatic rings. The maximum atomic E-state index is 5.51. The molecule has 0 unspecified atom stereocenters. The third-order valence-corrected chi connectivity index (χ3v) is 2.42. The first-order valence-corrected chi connectivity index (χ1v) is 5.80. The van der Waals surface area contributed by atoms with E-state index in [9.17, 15) is 0 Å². The summed E-state index contributed by atoms with van der Waals surface area (Å²) in [6.07, 6.45) is 6.38. The van der Waals surface area contributed by atoms with E-state index in [-0.39, 0.29) is 0 Å². The van der Waals surface area contributed by atoms with Crippen LogP contribution in [0.2, 0.25) is 0 Å². The zero-order chi connectivity index (χ0) is 10.2. The van der Waals surface area contributed by atoms with Crippen LogP contribution in [0, 0.1) is 0 Å². The van der Waals surface area contributed by atoms with E-state index in [1.165, 1.54) is 37.7 Å². The standard InChI is InChI=1S/C12H23NO/c1-3-4-5-8-14-10-11(2)9-13-12-6-7-12/h12-13H,2-10H2,1H3. The highest BCUT2D eigenvalue weighted by Gasteiger charge is 2.19. The van der Waals surface area contributed by atoms with Gasteiger partial charge in [0, 0.05) is 19.2 Å². The van der Waals surface area contributed by atoms with Crippen molar-refractivity contribution in [3.8, 4) is 0 Å². The molecule has 0 amide bonds. The van der Waals surface area contributed by atoms with E-state index < -0.39 is 0 Å². The topological polar surface area (TPSA) is 21.3 Å². The second kappa shape index (κ2) is 7.02. The predicted octanol–water partition coefficient (Wildman–Crippen LogP) is 2.50. The number of unbranched alkanes of at least 4 members (excludes halogenated alkanes) is 2. The zero-order valence-electron chi connectivity index (χ0n) is 9.35. The summed E-state index contributed by atoms with van der Waals surface area (Å²) in [6, 6.07) is 0.770. The first kappa shape index (κ1) is 11.7.